The summed E-state index contributed by atoms with van der Waals surface area (Å²) < 4.78 is 37.0. The van der Waals surface area contributed by atoms with Crippen molar-refractivity contribution in [1.29, 1.82) is 0 Å². The van der Waals surface area contributed by atoms with E-state index in [0.29, 0.717) is 0 Å². The fourth-order valence-electron chi connectivity index (χ4n) is 1.34. The van der Waals surface area contributed by atoms with Gasteiger partial charge >= 0.3 is 6.18 Å². The molecule has 6 nitrogen and oxygen atoms in total. The zero-order valence-electron chi connectivity index (χ0n) is 9.32. The number of halogens is 3. The van der Waals surface area contributed by atoms with E-state index in [9.17, 15) is 18.0 Å². The molecule has 2 rings (SSSR count). The van der Waals surface area contributed by atoms with Crippen molar-refractivity contribution in [3.63, 3.8) is 0 Å². The number of carbonyl (C=O) groups is 1. The molecule has 0 atom stereocenters. The minimum Gasteiger partial charge on any atom is -0.380 e. The molecule has 1 aromatic heterocycles. The van der Waals surface area contributed by atoms with Gasteiger partial charge in [-0.2, -0.15) is 18.4 Å². The Hall–Kier alpha value is -2.58. The zero-order chi connectivity index (χ0) is 14.0. The minimum absolute atomic E-state index is 0.0931. The molecule has 0 saturated heterocycles. The summed E-state index contributed by atoms with van der Waals surface area (Å²) >= 11 is 0. The molecule has 9 heteroatoms. The summed E-state index contributed by atoms with van der Waals surface area (Å²) in [7, 11) is 0. The number of hydrogen-bond acceptors (Lipinski definition) is 4. The molecule has 1 heterocycles. The first-order valence-electron chi connectivity index (χ1n) is 5.03. The second-order valence-corrected chi connectivity index (χ2v) is 3.59. The average molecular weight is 271 g/mol. The number of nitrogen functional groups attached to an aromatic ring is 1. The van der Waals surface area contributed by atoms with Gasteiger partial charge in [-0.1, -0.05) is 0 Å². The van der Waals surface area contributed by atoms with E-state index in [0.717, 1.165) is 24.3 Å². The maximum atomic E-state index is 12.3. The summed E-state index contributed by atoms with van der Waals surface area (Å²) in [5, 5.41) is 11.5. The second kappa shape index (κ2) is 4.59. The summed E-state index contributed by atoms with van der Waals surface area (Å²) in [6.07, 6.45) is -4.42. The number of H-pyrrole nitrogens is 1. The van der Waals surface area contributed by atoms with Crippen molar-refractivity contribution in [2.24, 2.45) is 0 Å². The van der Waals surface area contributed by atoms with Crippen LogP contribution in [0.2, 0.25) is 0 Å². The van der Waals surface area contributed by atoms with Gasteiger partial charge < -0.3 is 11.1 Å². The number of aromatic amines is 1. The van der Waals surface area contributed by atoms with Crippen LogP contribution in [-0.2, 0) is 6.18 Å². The van der Waals surface area contributed by atoms with Crippen LogP contribution >= 0.6 is 0 Å². The first-order chi connectivity index (χ1) is 8.88. The van der Waals surface area contributed by atoms with Gasteiger partial charge in [-0.15, -0.1) is 10.2 Å². The van der Waals surface area contributed by atoms with Crippen LogP contribution < -0.4 is 11.1 Å². The molecule has 19 heavy (non-hydrogen) atoms. The Labute approximate surface area is 104 Å². The maximum Gasteiger partial charge on any atom is 0.416 e. The number of alkyl halides is 3. The highest BCUT2D eigenvalue weighted by Crippen LogP contribution is 2.29. The topological polar surface area (TPSA) is 96.7 Å². The number of rotatable bonds is 2. The molecule has 0 aliphatic heterocycles. The molecular formula is C10H8F3N5O. The van der Waals surface area contributed by atoms with Crippen LogP contribution in [0.5, 0.6) is 0 Å². The first kappa shape index (κ1) is 12.9. The maximum absolute atomic E-state index is 12.3. The molecule has 100 valence electrons. The van der Waals surface area contributed by atoms with Crippen LogP contribution in [0, 0.1) is 0 Å². The highest BCUT2D eigenvalue weighted by atomic mass is 19.4. The molecule has 4 N–H and O–H groups in total. The molecule has 0 aliphatic carbocycles. The van der Waals surface area contributed by atoms with Crippen molar-refractivity contribution in [1.82, 2.24) is 15.4 Å². The predicted octanol–water partition coefficient (Wildman–Crippen LogP) is 1.66. The van der Waals surface area contributed by atoms with Crippen molar-refractivity contribution < 1.29 is 18.0 Å². The van der Waals surface area contributed by atoms with Gasteiger partial charge in [-0.05, 0) is 24.3 Å². The molecule has 0 unspecified atom stereocenters. The lowest BCUT2D eigenvalue weighted by Gasteiger charge is -2.08. The Kier molecular flexibility index (Phi) is 3.11. The number of nitrogens with one attached hydrogen (secondary N) is 2. The van der Waals surface area contributed by atoms with Crippen LogP contribution in [0.3, 0.4) is 0 Å². The van der Waals surface area contributed by atoms with Crippen molar-refractivity contribution in [2.45, 2.75) is 6.18 Å². The van der Waals surface area contributed by atoms with Crippen LogP contribution in [-0.4, -0.2) is 21.3 Å². The molecule has 0 aliphatic rings. The van der Waals surface area contributed by atoms with Crippen LogP contribution in [0.15, 0.2) is 24.3 Å². The van der Waals surface area contributed by atoms with E-state index in [4.69, 9.17) is 5.73 Å². The first-order valence-corrected chi connectivity index (χ1v) is 5.03. The van der Waals surface area contributed by atoms with Crippen LogP contribution in [0.25, 0.3) is 0 Å². The third-order valence-electron chi connectivity index (χ3n) is 2.26. The van der Waals surface area contributed by atoms with Gasteiger partial charge in [0.15, 0.2) is 11.5 Å². The van der Waals surface area contributed by atoms with Gasteiger partial charge in [-0.3, -0.25) is 4.79 Å². The lowest BCUT2D eigenvalue weighted by molar-refractivity contribution is -0.137. The molecule has 0 bridgehead atoms. The van der Waals surface area contributed by atoms with E-state index in [1.165, 1.54) is 0 Å². The molecule has 0 spiro atoms. The number of amides is 1. The quantitative estimate of drug-likeness (QED) is 0.773. The lowest BCUT2D eigenvalue weighted by Crippen LogP contribution is -2.14. The largest absolute Gasteiger partial charge is 0.416 e. The van der Waals surface area contributed by atoms with E-state index >= 15 is 0 Å². The Bertz CT molecular complexity index is 590. The summed E-state index contributed by atoms with van der Waals surface area (Å²) in [5.41, 5.74) is 4.63. The minimum atomic E-state index is -4.42. The average Bonchev–Trinajstić information content (AvgIpc) is 2.75. The molecular weight excluding hydrogens is 263 g/mol. The Morgan fingerprint density at radius 3 is 2.32 bits per heavy atom. The summed E-state index contributed by atoms with van der Waals surface area (Å²) in [5.74, 6) is -0.754. The summed E-state index contributed by atoms with van der Waals surface area (Å²) in [6, 6.07) is 4.00. The van der Waals surface area contributed by atoms with E-state index in [1.807, 2.05) is 0 Å². The number of nitrogens with two attached hydrogens (primary N) is 1. The van der Waals surface area contributed by atoms with E-state index in [2.05, 4.69) is 20.7 Å². The second-order valence-electron chi connectivity index (χ2n) is 3.59. The van der Waals surface area contributed by atoms with Crippen LogP contribution in [0.1, 0.15) is 16.1 Å². The third-order valence-corrected chi connectivity index (χ3v) is 2.26. The summed E-state index contributed by atoms with van der Waals surface area (Å²) in [4.78, 5) is 11.6. The molecule has 1 amide bonds. The zero-order valence-corrected chi connectivity index (χ0v) is 9.32. The fraction of sp³-hybridized carbons (Fsp3) is 0.100. The highest BCUT2D eigenvalue weighted by Gasteiger charge is 2.30. The van der Waals surface area contributed by atoms with E-state index < -0.39 is 17.6 Å². The monoisotopic (exact) mass is 271 g/mol. The Morgan fingerprint density at radius 2 is 1.84 bits per heavy atom. The summed E-state index contributed by atoms with van der Waals surface area (Å²) in [6.45, 7) is 0. The van der Waals surface area contributed by atoms with Crippen molar-refractivity contribution in [3.8, 4) is 0 Å². The van der Waals surface area contributed by atoms with E-state index in [-0.39, 0.29) is 17.2 Å². The number of benzene rings is 1. The molecule has 0 radical (unpaired) electrons. The Morgan fingerprint density at radius 1 is 1.21 bits per heavy atom. The fourth-order valence-corrected chi connectivity index (χ4v) is 1.34. The smallest absolute Gasteiger partial charge is 0.380 e. The van der Waals surface area contributed by atoms with Gasteiger partial charge in [0.1, 0.15) is 0 Å². The molecule has 0 fully saturated rings. The molecule has 1 aromatic carbocycles. The van der Waals surface area contributed by atoms with E-state index in [1.54, 1.807) is 0 Å². The van der Waals surface area contributed by atoms with Crippen molar-refractivity contribution in [3.05, 3.63) is 35.5 Å². The predicted molar refractivity (Wildman–Crippen MR) is 60.2 cm³/mol. The highest BCUT2D eigenvalue weighted by molar-refractivity contribution is 6.05. The van der Waals surface area contributed by atoms with Gasteiger partial charge in [0, 0.05) is 5.69 Å². The van der Waals surface area contributed by atoms with Gasteiger partial charge in [0.25, 0.3) is 5.91 Å². The molecule has 0 saturated carbocycles. The normalized spacial score (nSPS) is 11.3. The number of nitrogens with zero attached hydrogens (tertiary/aromatic N) is 2. The standard InChI is InChI=1S/C10H8F3N5O/c11-10(12,13)5-1-3-6(4-2-5)15-9(19)7-8(14)17-18-16-7/h1-4H,(H,15,19)(H3,14,16,17,18). The SMILES string of the molecule is Nc1n[nH]nc1C(=O)Nc1ccc(C(F)(F)F)cc1. The van der Waals surface area contributed by atoms with Gasteiger partial charge in [0.05, 0.1) is 5.56 Å². The van der Waals surface area contributed by atoms with Crippen molar-refractivity contribution in [2.75, 3.05) is 11.1 Å². The molecule has 2 aromatic rings. The van der Waals surface area contributed by atoms with Crippen molar-refractivity contribution >= 4 is 17.4 Å². The van der Waals surface area contributed by atoms with Gasteiger partial charge in [0.2, 0.25) is 0 Å². The third kappa shape index (κ3) is 2.81. The number of anilines is 2. The number of hydrogen-bond donors (Lipinski definition) is 3. The van der Waals surface area contributed by atoms with Crippen LogP contribution in [0.4, 0.5) is 24.7 Å². The number of aromatic nitrogens is 3. The van der Waals surface area contributed by atoms with Gasteiger partial charge in [-0.25, -0.2) is 0 Å². The number of carbonyl (C=O) groups excluding carboxylic acids is 1. The Balaban J connectivity index is 2.12. The lowest BCUT2D eigenvalue weighted by atomic mass is 10.2.